The van der Waals surface area contributed by atoms with E-state index in [4.69, 9.17) is 4.74 Å². The molecular weight excluding hydrogens is 397 g/mol. The van der Waals surface area contributed by atoms with Crippen molar-refractivity contribution in [1.82, 2.24) is 24.9 Å². The fraction of sp³-hybridized carbons (Fsp3) is 0.150. The minimum Gasteiger partial charge on any atom is -0.439 e. The average molecular weight is 412 g/mol. The third-order valence-corrected chi connectivity index (χ3v) is 4.14. The average Bonchev–Trinajstić information content (AvgIpc) is 2.75. The van der Waals surface area contributed by atoms with E-state index in [1.165, 1.54) is 18.5 Å². The van der Waals surface area contributed by atoms with Gasteiger partial charge in [-0.05, 0) is 30.2 Å². The number of alkyl halides is 3. The molecule has 0 spiro atoms. The first kappa shape index (κ1) is 19.5. The molecule has 3 heterocycles. The van der Waals surface area contributed by atoms with Crippen molar-refractivity contribution in [2.24, 2.45) is 0 Å². The number of halogens is 3. The number of aromatic nitrogens is 5. The standard InChI is InChI=1S/C20H15F3N6O/c21-20(22,23)15-2-1-3-16(29-15)30-14-6-4-13(5-7-14)8-9-25-18-17-19(28-12-27-18)26-11-10-24-17/h1-7,10-12H,8-9H2,(H,25,26,27,28). The summed E-state index contributed by atoms with van der Waals surface area (Å²) in [5.41, 5.74) is 1.12. The highest BCUT2D eigenvalue weighted by atomic mass is 19.4. The van der Waals surface area contributed by atoms with Crippen LogP contribution in [-0.2, 0) is 12.6 Å². The first-order valence-electron chi connectivity index (χ1n) is 8.96. The van der Waals surface area contributed by atoms with Crippen LogP contribution in [0.5, 0.6) is 11.6 Å². The van der Waals surface area contributed by atoms with Crippen molar-refractivity contribution >= 4 is 17.0 Å². The fourth-order valence-corrected chi connectivity index (χ4v) is 2.72. The van der Waals surface area contributed by atoms with E-state index in [0.29, 0.717) is 35.7 Å². The van der Waals surface area contributed by atoms with Gasteiger partial charge in [0.15, 0.2) is 11.5 Å². The lowest BCUT2D eigenvalue weighted by Crippen LogP contribution is -2.08. The van der Waals surface area contributed by atoms with Gasteiger partial charge in [-0.25, -0.2) is 24.9 Å². The second-order valence-electron chi connectivity index (χ2n) is 6.23. The lowest BCUT2D eigenvalue weighted by atomic mass is 10.1. The number of pyridine rings is 1. The van der Waals surface area contributed by atoms with E-state index in [-0.39, 0.29) is 5.88 Å². The van der Waals surface area contributed by atoms with Gasteiger partial charge >= 0.3 is 6.18 Å². The van der Waals surface area contributed by atoms with Crippen LogP contribution in [-0.4, -0.2) is 31.5 Å². The molecule has 0 aliphatic rings. The van der Waals surface area contributed by atoms with Gasteiger partial charge in [0.25, 0.3) is 0 Å². The third-order valence-electron chi connectivity index (χ3n) is 4.14. The molecule has 30 heavy (non-hydrogen) atoms. The lowest BCUT2D eigenvalue weighted by molar-refractivity contribution is -0.141. The summed E-state index contributed by atoms with van der Waals surface area (Å²) in [7, 11) is 0. The Kier molecular flexibility index (Phi) is 5.38. The van der Waals surface area contributed by atoms with Crippen LogP contribution in [0.4, 0.5) is 19.0 Å². The zero-order valence-electron chi connectivity index (χ0n) is 15.5. The van der Waals surface area contributed by atoms with Gasteiger partial charge in [-0.2, -0.15) is 13.2 Å². The molecule has 0 unspecified atom stereocenters. The molecule has 1 N–H and O–H groups in total. The largest absolute Gasteiger partial charge is 0.439 e. The van der Waals surface area contributed by atoms with E-state index >= 15 is 0 Å². The predicted molar refractivity (Wildman–Crippen MR) is 103 cm³/mol. The Morgan fingerprint density at radius 3 is 2.50 bits per heavy atom. The van der Waals surface area contributed by atoms with E-state index < -0.39 is 11.9 Å². The van der Waals surface area contributed by atoms with Gasteiger partial charge in [0.2, 0.25) is 5.88 Å². The molecule has 0 fully saturated rings. The van der Waals surface area contributed by atoms with Crippen molar-refractivity contribution in [2.45, 2.75) is 12.6 Å². The second-order valence-corrected chi connectivity index (χ2v) is 6.23. The maximum atomic E-state index is 12.7. The highest BCUT2D eigenvalue weighted by Crippen LogP contribution is 2.29. The lowest BCUT2D eigenvalue weighted by Gasteiger charge is -2.10. The zero-order valence-corrected chi connectivity index (χ0v) is 15.5. The number of nitrogens with one attached hydrogen (secondary N) is 1. The Bertz CT molecular complexity index is 1150. The fourth-order valence-electron chi connectivity index (χ4n) is 2.72. The molecular formula is C20H15F3N6O. The van der Waals surface area contributed by atoms with Gasteiger partial charge in [0, 0.05) is 25.0 Å². The molecule has 4 aromatic rings. The number of nitrogens with zero attached hydrogens (tertiary/aromatic N) is 5. The van der Waals surface area contributed by atoms with Crippen LogP contribution in [0.2, 0.25) is 0 Å². The van der Waals surface area contributed by atoms with Crippen molar-refractivity contribution in [1.29, 1.82) is 0 Å². The monoisotopic (exact) mass is 412 g/mol. The Morgan fingerprint density at radius 2 is 1.70 bits per heavy atom. The normalized spacial score (nSPS) is 11.4. The van der Waals surface area contributed by atoms with Crippen molar-refractivity contribution in [3.8, 4) is 11.6 Å². The van der Waals surface area contributed by atoms with Gasteiger partial charge in [-0.3, -0.25) is 0 Å². The van der Waals surface area contributed by atoms with Crippen molar-refractivity contribution in [3.63, 3.8) is 0 Å². The first-order valence-corrected chi connectivity index (χ1v) is 8.96. The highest BCUT2D eigenvalue weighted by molar-refractivity contribution is 5.81. The molecule has 3 aromatic heterocycles. The predicted octanol–water partition coefficient (Wildman–Crippen LogP) is 4.28. The van der Waals surface area contributed by atoms with Crippen LogP contribution in [0.25, 0.3) is 11.2 Å². The van der Waals surface area contributed by atoms with Gasteiger partial charge < -0.3 is 10.1 Å². The number of rotatable bonds is 6. The maximum Gasteiger partial charge on any atom is 0.433 e. The maximum absolute atomic E-state index is 12.7. The van der Waals surface area contributed by atoms with E-state index in [2.05, 4.69) is 30.2 Å². The topological polar surface area (TPSA) is 85.7 Å². The van der Waals surface area contributed by atoms with Crippen LogP contribution in [0.1, 0.15) is 11.3 Å². The number of benzene rings is 1. The summed E-state index contributed by atoms with van der Waals surface area (Å²) in [6, 6.07) is 10.6. The quantitative estimate of drug-likeness (QED) is 0.506. The molecule has 0 amide bonds. The van der Waals surface area contributed by atoms with Crippen LogP contribution >= 0.6 is 0 Å². The molecule has 0 saturated carbocycles. The molecule has 1 aromatic carbocycles. The van der Waals surface area contributed by atoms with E-state index in [9.17, 15) is 13.2 Å². The molecule has 0 radical (unpaired) electrons. The molecule has 152 valence electrons. The molecule has 4 rings (SSSR count). The minimum atomic E-state index is -4.52. The summed E-state index contributed by atoms with van der Waals surface area (Å²) in [5.74, 6) is 0.885. The molecule has 0 aliphatic carbocycles. The van der Waals surface area contributed by atoms with E-state index in [0.717, 1.165) is 11.6 Å². The zero-order chi connectivity index (χ0) is 21.0. The van der Waals surface area contributed by atoms with Gasteiger partial charge in [-0.1, -0.05) is 18.2 Å². The van der Waals surface area contributed by atoms with Crippen LogP contribution in [0, 0.1) is 0 Å². The summed E-state index contributed by atoms with van der Waals surface area (Å²) < 4.78 is 43.7. The SMILES string of the molecule is FC(F)(F)c1cccc(Oc2ccc(CCNc3ncnc4nccnc34)cc2)n1. The van der Waals surface area contributed by atoms with Gasteiger partial charge in [0.1, 0.15) is 23.3 Å². The van der Waals surface area contributed by atoms with Gasteiger partial charge in [0.05, 0.1) is 0 Å². The number of fused-ring (bicyclic) bond motifs is 1. The van der Waals surface area contributed by atoms with Crippen molar-refractivity contribution in [3.05, 3.63) is 72.4 Å². The highest BCUT2D eigenvalue weighted by Gasteiger charge is 2.32. The summed E-state index contributed by atoms with van der Waals surface area (Å²) in [5, 5.41) is 3.21. The second kappa shape index (κ2) is 8.27. The summed E-state index contributed by atoms with van der Waals surface area (Å²) in [4.78, 5) is 20.1. The Morgan fingerprint density at radius 1 is 0.900 bits per heavy atom. The molecule has 10 heteroatoms. The van der Waals surface area contributed by atoms with Crippen LogP contribution in [0.15, 0.2) is 61.2 Å². The van der Waals surface area contributed by atoms with Gasteiger partial charge in [-0.15, -0.1) is 0 Å². The number of anilines is 1. The minimum absolute atomic E-state index is 0.115. The summed E-state index contributed by atoms with van der Waals surface area (Å²) in [6.07, 6.45) is 0.741. The van der Waals surface area contributed by atoms with Crippen molar-refractivity contribution in [2.75, 3.05) is 11.9 Å². The molecule has 0 saturated heterocycles. The van der Waals surface area contributed by atoms with Crippen LogP contribution in [0.3, 0.4) is 0 Å². The Labute approximate surface area is 169 Å². The molecule has 7 nitrogen and oxygen atoms in total. The summed E-state index contributed by atoms with van der Waals surface area (Å²) in [6.45, 7) is 0.595. The van der Waals surface area contributed by atoms with E-state index in [1.54, 1.807) is 24.5 Å². The Balaban J connectivity index is 1.36. The van der Waals surface area contributed by atoms with Crippen molar-refractivity contribution < 1.29 is 17.9 Å². The molecule has 0 bridgehead atoms. The smallest absolute Gasteiger partial charge is 0.433 e. The Hall–Kier alpha value is -3.82. The van der Waals surface area contributed by atoms with Crippen LogP contribution < -0.4 is 10.1 Å². The first-order chi connectivity index (χ1) is 14.5. The molecule has 0 atom stereocenters. The third kappa shape index (κ3) is 4.59. The number of hydrogen-bond donors (Lipinski definition) is 1. The van der Waals surface area contributed by atoms with E-state index in [1.807, 2.05) is 12.1 Å². The summed E-state index contributed by atoms with van der Waals surface area (Å²) >= 11 is 0. The number of ether oxygens (including phenoxy) is 1. The molecule has 0 aliphatic heterocycles. The number of hydrogen-bond acceptors (Lipinski definition) is 7.